The van der Waals surface area contributed by atoms with Crippen LogP contribution in [0.4, 0.5) is 5.69 Å². The van der Waals surface area contributed by atoms with Gasteiger partial charge < -0.3 is 15.2 Å². The van der Waals surface area contributed by atoms with Crippen LogP contribution in [0, 0.1) is 0 Å². The third-order valence-corrected chi connectivity index (χ3v) is 3.62. The first-order valence-corrected chi connectivity index (χ1v) is 6.82. The molecule has 4 heteroatoms. The topological polar surface area (TPSA) is 47.1 Å². The number of para-hydroxylation sites is 1. The number of rotatable bonds is 3. The van der Waals surface area contributed by atoms with E-state index in [0.29, 0.717) is 0 Å². The zero-order valence-corrected chi connectivity index (χ0v) is 11.3. The number of nitrogens with two attached hydrogens (primary N) is 1. The van der Waals surface area contributed by atoms with Gasteiger partial charge >= 0.3 is 0 Å². The summed E-state index contributed by atoms with van der Waals surface area (Å²) in [6.45, 7) is 4.96. The fourth-order valence-electron chi connectivity index (χ4n) is 2.72. The van der Waals surface area contributed by atoms with Crippen molar-refractivity contribution in [3.8, 4) is 0 Å². The van der Waals surface area contributed by atoms with Crippen LogP contribution in [-0.2, 0) is 19.5 Å². The van der Waals surface area contributed by atoms with Crippen LogP contribution >= 0.6 is 0 Å². The molecule has 1 aliphatic heterocycles. The van der Waals surface area contributed by atoms with Crippen molar-refractivity contribution in [2.45, 2.75) is 32.5 Å². The second-order valence-corrected chi connectivity index (χ2v) is 5.27. The molecule has 0 saturated heterocycles. The van der Waals surface area contributed by atoms with Crippen LogP contribution in [0.3, 0.4) is 0 Å². The Balaban J connectivity index is 1.87. The van der Waals surface area contributed by atoms with Crippen LogP contribution in [0.5, 0.6) is 0 Å². The normalized spacial score (nSPS) is 16.2. The highest BCUT2D eigenvalue weighted by atomic mass is 15.2. The molecule has 0 saturated carbocycles. The summed E-state index contributed by atoms with van der Waals surface area (Å²) in [5.74, 6) is 1.14. The van der Waals surface area contributed by atoms with Gasteiger partial charge in [0.15, 0.2) is 0 Å². The minimum Gasteiger partial charge on any atom is -0.362 e. The number of benzene rings is 1. The third-order valence-electron chi connectivity index (χ3n) is 3.62. The van der Waals surface area contributed by atoms with E-state index in [1.807, 2.05) is 6.20 Å². The van der Waals surface area contributed by atoms with E-state index in [2.05, 4.69) is 51.8 Å². The van der Waals surface area contributed by atoms with E-state index < -0.39 is 0 Å². The second-order valence-electron chi connectivity index (χ2n) is 5.27. The van der Waals surface area contributed by atoms with Crippen molar-refractivity contribution >= 4 is 5.69 Å². The van der Waals surface area contributed by atoms with E-state index in [1.54, 1.807) is 0 Å². The van der Waals surface area contributed by atoms with E-state index in [0.717, 1.165) is 31.9 Å². The Kier molecular flexibility index (Phi) is 3.25. The smallest absolute Gasteiger partial charge is 0.128 e. The molecule has 2 aromatic rings. The van der Waals surface area contributed by atoms with E-state index in [9.17, 15) is 0 Å². The van der Waals surface area contributed by atoms with Gasteiger partial charge in [-0.3, -0.25) is 0 Å². The zero-order chi connectivity index (χ0) is 13.2. The van der Waals surface area contributed by atoms with Gasteiger partial charge in [0, 0.05) is 37.2 Å². The van der Waals surface area contributed by atoms with Crippen molar-refractivity contribution in [1.82, 2.24) is 9.55 Å². The lowest BCUT2D eigenvalue weighted by Gasteiger charge is -2.31. The molecule has 100 valence electrons. The first kappa shape index (κ1) is 12.2. The molecule has 2 heterocycles. The van der Waals surface area contributed by atoms with Crippen LogP contribution in [0.1, 0.15) is 18.3 Å². The number of hydrogen-bond donors (Lipinski definition) is 1. The third kappa shape index (κ3) is 2.49. The van der Waals surface area contributed by atoms with Crippen molar-refractivity contribution in [3.05, 3.63) is 48.0 Å². The first-order chi connectivity index (χ1) is 9.24. The standard InChI is InChI=1S/C15H20N4/c1-12(16)10-13-4-2-3-5-14(13)19-9-8-18-7-6-17-15(18)11-19/h2-7,12H,8-11,16H2,1H3. The minimum absolute atomic E-state index is 0.188. The molecule has 0 amide bonds. The van der Waals surface area contributed by atoms with Crippen molar-refractivity contribution in [2.24, 2.45) is 5.73 Å². The predicted molar refractivity (Wildman–Crippen MR) is 77.1 cm³/mol. The number of anilines is 1. The molecule has 2 N–H and O–H groups in total. The maximum Gasteiger partial charge on any atom is 0.128 e. The molecule has 0 fully saturated rings. The molecule has 1 atom stereocenters. The molecule has 1 aromatic carbocycles. The van der Waals surface area contributed by atoms with Crippen LogP contribution in [-0.4, -0.2) is 22.1 Å². The largest absolute Gasteiger partial charge is 0.362 e. The molecule has 1 aromatic heterocycles. The van der Waals surface area contributed by atoms with Gasteiger partial charge in [0.1, 0.15) is 5.82 Å². The van der Waals surface area contributed by atoms with Crippen molar-refractivity contribution in [1.29, 1.82) is 0 Å². The van der Waals surface area contributed by atoms with Crippen molar-refractivity contribution in [2.75, 3.05) is 11.4 Å². The summed E-state index contributed by atoms with van der Waals surface area (Å²) in [7, 11) is 0. The maximum absolute atomic E-state index is 5.95. The SMILES string of the molecule is CC(N)Cc1ccccc1N1CCn2ccnc2C1. The molecule has 4 nitrogen and oxygen atoms in total. The van der Waals surface area contributed by atoms with Crippen LogP contribution in [0.2, 0.25) is 0 Å². The Labute approximate surface area is 113 Å². The molecule has 0 spiro atoms. The molecule has 0 aliphatic carbocycles. The monoisotopic (exact) mass is 256 g/mol. The molecule has 0 radical (unpaired) electrons. The summed E-state index contributed by atoms with van der Waals surface area (Å²) in [6.07, 6.45) is 4.86. The van der Waals surface area contributed by atoms with Gasteiger partial charge in [-0.1, -0.05) is 18.2 Å². The Morgan fingerprint density at radius 1 is 1.32 bits per heavy atom. The summed E-state index contributed by atoms with van der Waals surface area (Å²) in [4.78, 5) is 6.82. The Bertz CT molecular complexity index is 559. The van der Waals surface area contributed by atoms with E-state index in [4.69, 9.17) is 5.73 Å². The molecule has 19 heavy (non-hydrogen) atoms. The Hall–Kier alpha value is -1.81. The van der Waals surface area contributed by atoms with Gasteiger partial charge in [0.2, 0.25) is 0 Å². The molecular weight excluding hydrogens is 236 g/mol. The average molecular weight is 256 g/mol. The summed E-state index contributed by atoms with van der Waals surface area (Å²) < 4.78 is 2.23. The summed E-state index contributed by atoms with van der Waals surface area (Å²) >= 11 is 0. The highest BCUT2D eigenvalue weighted by Crippen LogP contribution is 2.25. The van der Waals surface area contributed by atoms with Gasteiger partial charge in [0.05, 0.1) is 6.54 Å². The Morgan fingerprint density at radius 2 is 2.16 bits per heavy atom. The summed E-state index contributed by atoms with van der Waals surface area (Å²) in [5.41, 5.74) is 8.58. The van der Waals surface area contributed by atoms with E-state index >= 15 is 0 Å². The Morgan fingerprint density at radius 3 is 3.00 bits per heavy atom. The van der Waals surface area contributed by atoms with Crippen LogP contribution < -0.4 is 10.6 Å². The fourth-order valence-corrected chi connectivity index (χ4v) is 2.72. The molecule has 1 unspecified atom stereocenters. The van der Waals surface area contributed by atoms with Crippen molar-refractivity contribution in [3.63, 3.8) is 0 Å². The zero-order valence-electron chi connectivity index (χ0n) is 11.3. The number of aromatic nitrogens is 2. The lowest BCUT2D eigenvalue weighted by molar-refractivity contribution is 0.558. The van der Waals surface area contributed by atoms with Crippen LogP contribution in [0.25, 0.3) is 0 Å². The van der Waals surface area contributed by atoms with Gasteiger partial charge in [-0.05, 0) is 25.0 Å². The quantitative estimate of drug-likeness (QED) is 0.911. The highest BCUT2D eigenvalue weighted by Gasteiger charge is 2.19. The van der Waals surface area contributed by atoms with E-state index in [-0.39, 0.29) is 6.04 Å². The number of imidazole rings is 1. The average Bonchev–Trinajstić information content (AvgIpc) is 2.86. The second kappa shape index (κ2) is 5.05. The van der Waals surface area contributed by atoms with Gasteiger partial charge in [-0.25, -0.2) is 4.98 Å². The predicted octanol–water partition coefficient (Wildman–Crippen LogP) is 1.79. The molecule has 1 aliphatic rings. The number of fused-ring (bicyclic) bond motifs is 1. The van der Waals surface area contributed by atoms with E-state index in [1.165, 1.54) is 11.3 Å². The van der Waals surface area contributed by atoms with Gasteiger partial charge in [0.25, 0.3) is 0 Å². The fraction of sp³-hybridized carbons (Fsp3) is 0.400. The molecule has 3 rings (SSSR count). The maximum atomic E-state index is 5.95. The molecule has 0 bridgehead atoms. The minimum atomic E-state index is 0.188. The van der Waals surface area contributed by atoms with Crippen molar-refractivity contribution < 1.29 is 0 Å². The summed E-state index contributed by atoms with van der Waals surface area (Å²) in [6, 6.07) is 8.75. The lowest BCUT2D eigenvalue weighted by atomic mass is 10.0. The first-order valence-electron chi connectivity index (χ1n) is 6.82. The molecular formula is C15H20N4. The lowest BCUT2D eigenvalue weighted by Crippen LogP contribution is -2.34. The summed E-state index contributed by atoms with van der Waals surface area (Å²) in [5, 5.41) is 0. The van der Waals surface area contributed by atoms with Gasteiger partial charge in [-0.15, -0.1) is 0 Å². The van der Waals surface area contributed by atoms with Gasteiger partial charge in [-0.2, -0.15) is 0 Å². The number of nitrogens with zero attached hydrogens (tertiary/aromatic N) is 3. The highest BCUT2D eigenvalue weighted by molar-refractivity contribution is 5.54. The number of hydrogen-bond acceptors (Lipinski definition) is 3. The van der Waals surface area contributed by atoms with Crippen LogP contribution in [0.15, 0.2) is 36.7 Å².